The Morgan fingerprint density at radius 1 is 0.650 bits per heavy atom. The molecule has 0 fully saturated rings. The molecule has 0 N–H and O–H groups in total. The van der Waals surface area contributed by atoms with Crippen molar-refractivity contribution in [2.45, 2.75) is 168 Å². The first kappa shape index (κ1) is 49.4. The van der Waals surface area contributed by atoms with Gasteiger partial charge >= 0.3 is 367 Å². The Balaban J connectivity index is 2.71. The van der Waals surface area contributed by atoms with Gasteiger partial charge in [0.25, 0.3) is 0 Å². The standard InChI is InChI=1S/C50H73GeO8P/c1-27(2)30-22-32(28(3)4)38(33(23-30)29(5)6)51(49(13,14)15)39(44(53)57-19)37(43(52)56-18)36-26-50(16,17)35-25-31(47(7,8)9)24-34(48(10,11)12)41(35)60(36)42(46(55)59-21)40(51)45(54)58-20/h22-25,27-29,36H,26H2,1-21H3/t36-,51+,60?/m0/s1. The first-order valence-corrected chi connectivity index (χ1v) is 27.0. The Bertz CT molecular complexity index is 2090. The molecule has 1 unspecified atom stereocenters. The third-order valence-corrected chi connectivity index (χ3v) is 28.8. The summed E-state index contributed by atoms with van der Waals surface area (Å²) in [4.78, 5) is 61.7. The number of hydrogen-bond donors (Lipinski definition) is 0. The molecule has 0 spiro atoms. The summed E-state index contributed by atoms with van der Waals surface area (Å²) in [6, 6.07) is 8.93. The molecule has 4 rings (SSSR count). The van der Waals surface area contributed by atoms with Crippen molar-refractivity contribution in [1.82, 2.24) is 0 Å². The average molecular weight is 906 g/mol. The van der Waals surface area contributed by atoms with Crippen molar-refractivity contribution in [3.05, 3.63) is 77.3 Å². The van der Waals surface area contributed by atoms with Crippen molar-refractivity contribution < 1.29 is 38.1 Å². The van der Waals surface area contributed by atoms with Crippen LogP contribution in [0.25, 0.3) is 0 Å². The fraction of sp³-hybridized carbons (Fsp3) is 0.600. The van der Waals surface area contributed by atoms with Gasteiger partial charge in [-0.05, 0) is 0 Å². The van der Waals surface area contributed by atoms with Gasteiger partial charge in [0.15, 0.2) is 0 Å². The number of ether oxygens (including phenoxy) is 4. The predicted molar refractivity (Wildman–Crippen MR) is 248 cm³/mol. The molecular weight excluding hydrogens is 832 g/mol. The molecule has 60 heavy (non-hydrogen) atoms. The molecule has 0 saturated heterocycles. The van der Waals surface area contributed by atoms with E-state index < -0.39 is 65.8 Å². The van der Waals surface area contributed by atoms with Gasteiger partial charge in [0, 0.05) is 0 Å². The van der Waals surface area contributed by atoms with Crippen LogP contribution in [0.15, 0.2) is 44.0 Å². The van der Waals surface area contributed by atoms with Gasteiger partial charge in [-0.3, -0.25) is 0 Å². The fourth-order valence-corrected chi connectivity index (χ4v) is 29.2. The van der Waals surface area contributed by atoms with Crippen LogP contribution in [0, 0.1) is 0 Å². The molecule has 0 saturated carbocycles. The van der Waals surface area contributed by atoms with Crippen LogP contribution in [-0.4, -0.2) is 71.2 Å². The number of hydrogen-bond acceptors (Lipinski definition) is 8. The van der Waals surface area contributed by atoms with Crippen molar-refractivity contribution in [1.29, 1.82) is 0 Å². The quantitative estimate of drug-likeness (QED) is 0.112. The van der Waals surface area contributed by atoms with Gasteiger partial charge in [-0.2, -0.15) is 0 Å². The zero-order chi connectivity index (χ0) is 46.0. The van der Waals surface area contributed by atoms with Crippen LogP contribution in [0.2, 0.25) is 4.25 Å². The van der Waals surface area contributed by atoms with Gasteiger partial charge in [0.2, 0.25) is 0 Å². The van der Waals surface area contributed by atoms with Gasteiger partial charge < -0.3 is 0 Å². The van der Waals surface area contributed by atoms with E-state index in [1.54, 1.807) is 0 Å². The normalized spacial score (nSPS) is 20.8. The molecule has 330 valence electrons. The summed E-state index contributed by atoms with van der Waals surface area (Å²) in [5, 5.41) is 1.14. The number of esters is 4. The van der Waals surface area contributed by atoms with E-state index in [2.05, 4.69) is 121 Å². The maximum atomic E-state index is 15.6. The molecule has 2 aromatic rings. The maximum absolute atomic E-state index is 15.6. The topological polar surface area (TPSA) is 105 Å². The Labute approximate surface area is 365 Å². The van der Waals surface area contributed by atoms with E-state index in [1.807, 2.05) is 20.8 Å². The molecule has 0 bridgehead atoms. The molecule has 2 aliphatic heterocycles. The zero-order valence-corrected chi connectivity index (χ0v) is 43.5. The van der Waals surface area contributed by atoms with Crippen molar-refractivity contribution in [2.75, 3.05) is 28.4 Å². The van der Waals surface area contributed by atoms with Crippen LogP contribution < -0.4 is 9.70 Å². The van der Waals surface area contributed by atoms with Crippen molar-refractivity contribution in [3.8, 4) is 0 Å². The van der Waals surface area contributed by atoms with E-state index in [0.717, 1.165) is 43.1 Å². The second kappa shape index (κ2) is 17.2. The van der Waals surface area contributed by atoms with E-state index in [1.165, 1.54) is 28.4 Å². The van der Waals surface area contributed by atoms with E-state index in [4.69, 9.17) is 18.9 Å². The number of benzene rings is 2. The Kier molecular flexibility index (Phi) is 14.1. The first-order valence-electron chi connectivity index (χ1n) is 21.4. The zero-order valence-electron chi connectivity index (χ0n) is 40.5. The minimum absolute atomic E-state index is 0.0822. The number of methoxy groups -OCH3 is 4. The van der Waals surface area contributed by atoms with Crippen LogP contribution in [0.4, 0.5) is 0 Å². The monoisotopic (exact) mass is 906 g/mol. The summed E-state index contributed by atoms with van der Waals surface area (Å²) in [7, 11) is 3.37. The van der Waals surface area contributed by atoms with Crippen LogP contribution in [0.3, 0.4) is 0 Å². The second-order valence-electron chi connectivity index (χ2n) is 21.4. The van der Waals surface area contributed by atoms with Gasteiger partial charge in [-0.15, -0.1) is 0 Å². The molecule has 3 atom stereocenters. The van der Waals surface area contributed by atoms with E-state index in [0.29, 0.717) is 6.42 Å². The van der Waals surface area contributed by atoms with Gasteiger partial charge in [-0.1, -0.05) is 0 Å². The summed E-state index contributed by atoms with van der Waals surface area (Å²) >= 11 is -5.34. The van der Waals surface area contributed by atoms with Gasteiger partial charge in [-0.25, -0.2) is 0 Å². The minimum atomic E-state index is -5.34. The van der Waals surface area contributed by atoms with E-state index in [9.17, 15) is 0 Å². The molecule has 2 aliphatic rings. The van der Waals surface area contributed by atoms with Crippen molar-refractivity contribution in [2.24, 2.45) is 0 Å². The first-order chi connectivity index (χ1) is 27.4. The summed E-state index contributed by atoms with van der Waals surface area (Å²) in [6.07, 6.45) is 0.381. The van der Waals surface area contributed by atoms with Crippen molar-refractivity contribution in [3.63, 3.8) is 0 Å². The van der Waals surface area contributed by atoms with Crippen LogP contribution in [-0.2, 0) is 54.4 Å². The predicted octanol–water partition coefficient (Wildman–Crippen LogP) is 10.3. The number of rotatable bonds is 8. The summed E-state index contributed by atoms with van der Waals surface area (Å²) in [5.41, 5.74) is 4.51. The third kappa shape index (κ3) is 8.22. The number of fused-ring (bicyclic) bond motifs is 3. The molecule has 2 heterocycles. The molecule has 0 aromatic heterocycles. The molecule has 0 amide bonds. The summed E-state index contributed by atoms with van der Waals surface area (Å²) in [6.45, 7) is 36.4. The molecule has 0 radical (unpaired) electrons. The number of carbonyl (C=O) groups is 4. The van der Waals surface area contributed by atoms with Gasteiger partial charge in [0.1, 0.15) is 0 Å². The molecule has 10 heteroatoms. The molecule has 2 aromatic carbocycles. The Hall–Kier alpha value is -3.23. The molecular formula is C50H73GeO8P. The van der Waals surface area contributed by atoms with Gasteiger partial charge in [0.05, 0.1) is 0 Å². The Morgan fingerprint density at radius 3 is 1.50 bits per heavy atom. The second-order valence-corrected chi connectivity index (χ2v) is 33.1. The SMILES string of the molecule is COC(=O)C1=[C](C(=O)OC)[Ge@@]([c]2c(C(C)C)cc(C(C)C)cc2C(C)C)([C](C)(C)C)[C](C(=O)OC)=C(C(=O)OC)P2c3c(C(C)(C)C)cc(C(C)(C)C)cc3C(C)(C)C[C@@H]12. The van der Waals surface area contributed by atoms with Crippen LogP contribution in [0.5, 0.6) is 0 Å². The average Bonchev–Trinajstić information content (AvgIpc) is 3.25. The number of carbonyl (C=O) groups excluding carboxylic acids is 4. The van der Waals surface area contributed by atoms with E-state index >= 15 is 19.2 Å². The van der Waals surface area contributed by atoms with Crippen LogP contribution >= 0.6 is 7.92 Å². The Morgan fingerprint density at radius 2 is 1.12 bits per heavy atom. The fourth-order valence-electron chi connectivity index (χ4n) is 9.67. The summed E-state index contributed by atoms with van der Waals surface area (Å²) < 4.78 is 23.8. The van der Waals surface area contributed by atoms with E-state index in [-0.39, 0.29) is 42.9 Å². The third-order valence-electron chi connectivity index (χ3n) is 12.8. The van der Waals surface area contributed by atoms with Crippen LogP contribution in [0.1, 0.15) is 175 Å². The summed E-state index contributed by atoms with van der Waals surface area (Å²) in [5.74, 6) is -2.73. The van der Waals surface area contributed by atoms with Crippen molar-refractivity contribution >= 4 is 54.8 Å². The molecule has 8 nitrogen and oxygen atoms in total. The molecule has 0 aliphatic carbocycles.